The van der Waals surface area contributed by atoms with E-state index < -0.39 is 15.3 Å². The second-order valence-corrected chi connectivity index (χ2v) is 7.25. The molecule has 89 valence electrons. The van der Waals surface area contributed by atoms with Gasteiger partial charge >= 0.3 is 0 Å². The molecule has 16 heavy (non-hydrogen) atoms. The SMILES string of the molecule is CC1(C)CN(C[O])c2ccccc2S1(O)O. The molecule has 1 aliphatic heterocycles. The van der Waals surface area contributed by atoms with Gasteiger partial charge in [-0.05, 0) is 26.0 Å². The molecular weight excluding hydrogens is 226 g/mol. The van der Waals surface area contributed by atoms with E-state index in [0.717, 1.165) is 0 Å². The molecule has 0 bridgehead atoms. The summed E-state index contributed by atoms with van der Waals surface area (Å²) in [6.07, 6.45) is 0. The summed E-state index contributed by atoms with van der Waals surface area (Å²) >= 11 is 0. The molecule has 0 spiro atoms. The highest BCUT2D eigenvalue weighted by atomic mass is 32.3. The molecule has 5 heteroatoms. The zero-order chi connectivity index (χ0) is 12.0. The van der Waals surface area contributed by atoms with Crippen molar-refractivity contribution >= 4 is 16.3 Å². The molecule has 1 aliphatic rings. The average Bonchev–Trinajstić information content (AvgIpc) is 2.24. The second kappa shape index (κ2) is 3.63. The lowest BCUT2D eigenvalue weighted by Gasteiger charge is -2.53. The first kappa shape index (κ1) is 11.7. The van der Waals surface area contributed by atoms with Crippen molar-refractivity contribution < 1.29 is 14.2 Å². The summed E-state index contributed by atoms with van der Waals surface area (Å²) in [4.78, 5) is 2.13. The average molecular weight is 242 g/mol. The van der Waals surface area contributed by atoms with E-state index in [-0.39, 0.29) is 6.73 Å². The number of para-hydroxylation sites is 1. The van der Waals surface area contributed by atoms with Crippen LogP contribution in [0.25, 0.3) is 0 Å². The van der Waals surface area contributed by atoms with Gasteiger partial charge in [0.2, 0.25) is 0 Å². The van der Waals surface area contributed by atoms with E-state index in [4.69, 9.17) is 0 Å². The van der Waals surface area contributed by atoms with Gasteiger partial charge in [0.25, 0.3) is 0 Å². The van der Waals surface area contributed by atoms with Gasteiger partial charge in [0, 0.05) is 6.54 Å². The molecule has 0 amide bonds. The minimum Gasteiger partial charge on any atom is -0.342 e. The number of hydrogen-bond donors (Lipinski definition) is 2. The highest BCUT2D eigenvalue weighted by Crippen LogP contribution is 2.64. The maximum atomic E-state index is 11.1. The lowest BCUT2D eigenvalue weighted by molar-refractivity contribution is 0.187. The third-order valence-electron chi connectivity index (χ3n) is 3.01. The summed E-state index contributed by atoms with van der Waals surface area (Å²) in [5, 5.41) is 11.1. The summed E-state index contributed by atoms with van der Waals surface area (Å²) < 4.78 is 19.9. The fourth-order valence-corrected chi connectivity index (χ4v) is 3.70. The quantitative estimate of drug-likeness (QED) is 0.796. The van der Waals surface area contributed by atoms with Gasteiger partial charge in [-0.1, -0.05) is 12.1 Å². The number of hydrogen-bond acceptors (Lipinski definition) is 3. The molecule has 4 nitrogen and oxygen atoms in total. The maximum absolute atomic E-state index is 11.1. The molecule has 1 aromatic carbocycles. The fourth-order valence-electron chi connectivity index (χ4n) is 2.01. The lowest BCUT2D eigenvalue weighted by Crippen LogP contribution is -2.46. The van der Waals surface area contributed by atoms with Gasteiger partial charge in [-0.25, -0.2) is 5.11 Å². The number of benzene rings is 1. The largest absolute Gasteiger partial charge is 0.342 e. The summed E-state index contributed by atoms with van der Waals surface area (Å²) in [6.45, 7) is 3.56. The molecule has 1 heterocycles. The molecule has 1 radical (unpaired) electrons. The van der Waals surface area contributed by atoms with E-state index in [2.05, 4.69) is 0 Å². The molecular formula is C11H16NO3S. The maximum Gasteiger partial charge on any atom is 0.154 e. The third kappa shape index (κ3) is 1.51. The van der Waals surface area contributed by atoms with Crippen LogP contribution in [0.1, 0.15) is 13.8 Å². The minimum atomic E-state index is -2.84. The number of fused-ring (bicyclic) bond motifs is 1. The van der Waals surface area contributed by atoms with Crippen LogP contribution in [0.3, 0.4) is 0 Å². The van der Waals surface area contributed by atoms with E-state index in [1.807, 2.05) is 0 Å². The van der Waals surface area contributed by atoms with Crippen molar-refractivity contribution in [3.63, 3.8) is 0 Å². The zero-order valence-electron chi connectivity index (χ0n) is 9.38. The van der Waals surface area contributed by atoms with Crippen LogP contribution in [0.2, 0.25) is 0 Å². The van der Waals surface area contributed by atoms with Crippen LogP contribution in [-0.4, -0.2) is 27.1 Å². The van der Waals surface area contributed by atoms with Crippen LogP contribution < -0.4 is 4.90 Å². The predicted octanol–water partition coefficient (Wildman–Crippen LogP) is 2.78. The summed E-state index contributed by atoms with van der Waals surface area (Å²) in [5.74, 6) is 0. The number of rotatable bonds is 1. The molecule has 0 fully saturated rings. The standard InChI is InChI=1S/C11H16NO3S/c1-11(2)7-12(8-13)9-5-3-4-6-10(9)16(11,14)15/h3-6,14-15H,7-8H2,1-2H3. The van der Waals surface area contributed by atoms with Gasteiger partial charge in [-0.15, -0.1) is 0 Å². The van der Waals surface area contributed by atoms with Gasteiger partial charge in [-0.3, -0.25) is 9.11 Å². The highest BCUT2D eigenvalue weighted by molar-refractivity contribution is 8.25. The Morgan fingerprint density at radius 1 is 1.38 bits per heavy atom. The van der Waals surface area contributed by atoms with Crippen molar-refractivity contribution in [3.05, 3.63) is 24.3 Å². The van der Waals surface area contributed by atoms with Crippen molar-refractivity contribution in [1.29, 1.82) is 0 Å². The molecule has 1 aromatic rings. The van der Waals surface area contributed by atoms with Gasteiger partial charge in [0.1, 0.15) is 0 Å². The fraction of sp³-hybridized carbons (Fsp3) is 0.455. The summed E-state index contributed by atoms with van der Waals surface area (Å²) in [7, 11) is -2.84. The molecule has 0 atom stereocenters. The molecule has 0 saturated heterocycles. The van der Waals surface area contributed by atoms with Crippen LogP contribution in [-0.2, 0) is 5.11 Å². The Labute approximate surface area is 96.9 Å². The summed E-state index contributed by atoms with van der Waals surface area (Å²) in [6, 6.07) is 7.01. The summed E-state index contributed by atoms with van der Waals surface area (Å²) in [5.41, 5.74) is 0.650. The van der Waals surface area contributed by atoms with Crippen LogP contribution in [0, 0.1) is 0 Å². The van der Waals surface area contributed by atoms with Gasteiger partial charge in [0.15, 0.2) is 6.73 Å². The predicted molar refractivity (Wildman–Crippen MR) is 64.5 cm³/mol. The van der Waals surface area contributed by atoms with Crippen LogP contribution in [0.4, 0.5) is 5.69 Å². The van der Waals surface area contributed by atoms with Crippen molar-refractivity contribution in [2.75, 3.05) is 18.2 Å². The van der Waals surface area contributed by atoms with Gasteiger partial charge in [-0.2, -0.15) is 10.6 Å². The second-order valence-electron chi connectivity index (χ2n) is 4.60. The van der Waals surface area contributed by atoms with Crippen molar-refractivity contribution in [3.8, 4) is 0 Å². The normalized spacial score (nSPS) is 23.7. The van der Waals surface area contributed by atoms with Crippen LogP contribution >= 0.6 is 10.6 Å². The number of anilines is 1. The Balaban J connectivity index is 2.60. The monoisotopic (exact) mass is 242 g/mol. The lowest BCUT2D eigenvalue weighted by atomic mass is 10.1. The molecule has 2 rings (SSSR count). The first-order chi connectivity index (χ1) is 7.40. The highest BCUT2D eigenvalue weighted by Gasteiger charge is 2.43. The Kier molecular flexibility index (Phi) is 2.66. The van der Waals surface area contributed by atoms with Gasteiger partial charge in [0.05, 0.1) is 15.3 Å². The Morgan fingerprint density at radius 3 is 2.62 bits per heavy atom. The van der Waals surface area contributed by atoms with Crippen LogP contribution in [0.15, 0.2) is 29.2 Å². The molecule has 0 saturated carbocycles. The van der Waals surface area contributed by atoms with Crippen molar-refractivity contribution in [2.45, 2.75) is 23.5 Å². The van der Waals surface area contributed by atoms with Crippen LogP contribution in [0.5, 0.6) is 0 Å². The first-order valence-electron chi connectivity index (χ1n) is 5.10. The van der Waals surface area contributed by atoms with E-state index in [9.17, 15) is 14.2 Å². The Morgan fingerprint density at radius 2 is 2.00 bits per heavy atom. The van der Waals surface area contributed by atoms with Crippen molar-refractivity contribution in [2.24, 2.45) is 0 Å². The minimum absolute atomic E-state index is 0.365. The van der Waals surface area contributed by atoms with E-state index in [1.165, 1.54) is 0 Å². The van der Waals surface area contributed by atoms with E-state index in [0.29, 0.717) is 17.1 Å². The Bertz CT molecular complexity index is 406. The molecule has 0 aromatic heterocycles. The molecule has 0 aliphatic carbocycles. The van der Waals surface area contributed by atoms with Crippen molar-refractivity contribution in [1.82, 2.24) is 0 Å². The van der Waals surface area contributed by atoms with E-state index >= 15 is 0 Å². The topological polar surface area (TPSA) is 63.6 Å². The smallest absolute Gasteiger partial charge is 0.154 e. The number of nitrogens with zero attached hydrogens (tertiary/aromatic N) is 1. The third-order valence-corrected chi connectivity index (χ3v) is 5.64. The van der Waals surface area contributed by atoms with E-state index in [1.54, 1.807) is 43.0 Å². The Hall–Kier alpha value is -0.750. The first-order valence-corrected chi connectivity index (χ1v) is 6.65. The molecule has 2 N–H and O–H groups in total. The zero-order valence-corrected chi connectivity index (χ0v) is 10.2. The molecule has 0 unspecified atom stereocenters. The van der Waals surface area contributed by atoms with Gasteiger partial charge < -0.3 is 4.90 Å².